The number of benzene rings is 1. The van der Waals surface area contributed by atoms with Crippen molar-refractivity contribution in [2.45, 2.75) is 6.92 Å². The normalized spacial score (nSPS) is 11.3. The van der Waals surface area contributed by atoms with E-state index in [1.54, 1.807) is 18.2 Å². The number of carbonyl (C=O) groups is 1. The molecule has 0 saturated heterocycles. The number of anilines is 1. The number of aliphatic imine (C=N–C) groups is 1. The molecule has 0 atom stereocenters. The van der Waals surface area contributed by atoms with E-state index in [0.29, 0.717) is 16.4 Å². The molecule has 1 amide bonds. The predicted molar refractivity (Wildman–Crippen MR) is 67.8 cm³/mol. The van der Waals surface area contributed by atoms with Gasteiger partial charge in [-0.05, 0) is 18.2 Å². The summed E-state index contributed by atoms with van der Waals surface area (Å²) in [6, 6.07) is 4.94. The van der Waals surface area contributed by atoms with E-state index in [1.807, 2.05) is 0 Å². The van der Waals surface area contributed by atoms with Gasteiger partial charge in [-0.15, -0.1) is 11.6 Å². The number of nitrogens with one attached hydrogen (secondary N) is 1. The quantitative estimate of drug-likeness (QED) is 0.498. The van der Waals surface area contributed by atoms with E-state index in [4.69, 9.17) is 28.9 Å². The zero-order valence-electron chi connectivity index (χ0n) is 8.63. The zero-order valence-corrected chi connectivity index (χ0v) is 10.1. The predicted octanol–water partition coefficient (Wildman–Crippen LogP) is 2.53. The molecule has 1 rings (SSSR count). The Morgan fingerprint density at radius 1 is 1.56 bits per heavy atom. The Morgan fingerprint density at radius 2 is 2.25 bits per heavy atom. The second kappa shape index (κ2) is 5.72. The third-order valence-corrected chi connectivity index (χ3v) is 2.26. The average molecular weight is 260 g/mol. The van der Waals surface area contributed by atoms with E-state index >= 15 is 0 Å². The molecule has 4 nitrogen and oxygen atoms in total. The lowest BCUT2D eigenvalue weighted by atomic mass is 10.2. The first kappa shape index (κ1) is 12.8. The molecule has 16 heavy (non-hydrogen) atoms. The molecule has 0 aliphatic carbocycles. The lowest BCUT2D eigenvalue weighted by molar-refractivity contribution is -0.114. The van der Waals surface area contributed by atoms with E-state index < -0.39 is 0 Å². The Bertz CT molecular complexity index is 432. The fourth-order valence-electron chi connectivity index (χ4n) is 1.06. The maximum absolute atomic E-state index is 10.9. The average Bonchev–Trinajstić information content (AvgIpc) is 2.22. The van der Waals surface area contributed by atoms with Gasteiger partial charge in [0.2, 0.25) is 5.91 Å². The highest BCUT2D eigenvalue weighted by atomic mass is 35.5. The maximum atomic E-state index is 10.9. The van der Waals surface area contributed by atoms with Crippen LogP contribution in [0.2, 0.25) is 5.02 Å². The number of halogens is 2. The Balaban J connectivity index is 3.03. The second-order valence-electron chi connectivity index (χ2n) is 3.08. The standard InChI is InChI=1S/C10H11Cl2N3O/c1-6(16)14-7-2-3-8(12)9(4-7)15-10(13)5-11/h2-4H,5H2,1H3,(H2,13,15)(H,14,16). The molecule has 0 heterocycles. The van der Waals surface area contributed by atoms with Crippen molar-refractivity contribution in [1.82, 2.24) is 0 Å². The van der Waals surface area contributed by atoms with Gasteiger partial charge in [0.1, 0.15) is 5.84 Å². The van der Waals surface area contributed by atoms with Crippen molar-refractivity contribution in [2.75, 3.05) is 11.2 Å². The van der Waals surface area contributed by atoms with Gasteiger partial charge >= 0.3 is 0 Å². The maximum Gasteiger partial charge on any atom is 0.221 e. The molecular weight excluding hydrogens is 249 g/mol. The summed E-state index contributed by atoms with van der Waals surface area (Å²) >= 11 is 11.4. The minimum Gasteiger partial charge on any atom is -0.386 e. The number of amidine groups is 1. The van der Waals surface area contributed by atoms with Gasteiger partial charge in [-0.1, -0.05) is 11.6 Å². The molecule has 6 heteroatoms. The number of hydrogen-bond acceptors (Lipinski definition) is 2. The van der Waals surface area contributed by atoms with Crippen LogP contribution in [0, 0.1) is 0 Å². The number of amides is 1. The summed E-state index contributed by atoms with van der Waals surface area (Å²) in [6.07, 6.45) is 0. The van der Waals surface area contributed by atoms with Crippen LogP contribution in [-0.2, 0) is 4.79 Å². The Kier molecular flexibility index (Phi) is 4.58. The van der Waals surface area contributed by atoms with Gasteiger partial charge in [-0.25, -0.2) is 4.99 Å². The number of alkyl halides is 1. The van der Waals surface area contributed by atoms with Crippen LogP contribution in [0.3, 0.4) is 0 Å². The van der Waals surface area contributed by atoms with E-state index in [9.17, 15) is 4.79 Å². The molecule has 0 unspecified atom stereocenters. The van der Waals surface area contributed by atoms with Crippen LogP contribution < -0.4 is 11.1 Å². The minimum absolute atomic E-state index is 0.126. The number of carbonyl (C=O) groups excluding carboxylic acids is 1. The van der Waals surface area contributed by atoms with Gasteiger partial charge in [0.25, 0.3) is 0 Å². The van der Waals surface area contributed by atoms with Crippen LogP contribution in [0.4, 0.5) is 11.4 Å². The van der Waals surface area contributed by atoms with Crippen molar-refractivity contribution in [2.24, 2.45) is 10.7 Å². The summed E-state index contributed by atoms with van der Waals surface area (Å²) in [6.45, 7) is 1.42. The van der Waals surface area contributed by atoms with E-state index in [-0.39, 0.29) is 17.6 Å². The third kappa shape index (κ3) is 3.72. The first-order valence-corrected chi connectivity index (χ1v) is 5.40. The highest BCUT2D eigenvalue weighted by Crippen LogP contribution is 2.28. The Labute approximate surface area is 103 Å². The summed E-state index contributed by atoms with van der Waals surface area (Å²) in [5, 5.41) is 3.07. The van der Waals surface area contributed by atoms with Crippen LogP contribution in [-0.4, -0.2) is 17.6 Å². The van der Waals surface area contributed by atoms with Crippen molar-refractivity contribution in [3.8, 4) is 0 Å². The molecule has 0 aliphatic heterocycles. The summed E-state index contributed by atoms with van der Waals surface area (Å²) in [5.41, 5.74) is 6.58. The summed E-state index contributed by atoms with van der Waals surface area (Å²) in [7, 11) is 0. The van der Waals surface area contributed by atoms with Crippen LogP contribution in [0.15, 0.2) is 23.2 Å². The topological polar surface area (TPSA) is 67.5 Å². The van der Waals surface area contributed by atoms with Crippen LogP contribution in [0.5, 0.6) is 0 Å². The SMILES string of the molecule is CC(=O)Nc1ccc(Cl)c(N=C(N)CCl)c1. The lowest BCUT2D eigenvalue weighted by Crippen LogP contribution is -2.12. The van der Waals surface area contributed by atoms with Crippen molar-refractivity contribution in [1.29, 1.82) is 0 Å². The molecule has 1 aromatic carbocycles. The van der Waals surface area contributed by atoms with Gasteiger partial charge in [0, 0.05) is 12.6 Å². The molecular formula is C10H11Cl2N3O. The molecule has 0 radical (unpaired) electrons. The monoisotopic (exact) mass is 259 g/mol. The molecule has 3 N–H and O–H groups in total. The fraction of sp³-hybridized carbons (Fsp3) is 0.200. The van der Waals surface area contributed by atoms with Crippen molar-refractivity contribution in [3.63, 3.8) is 0 Å². The summed E-state index contributed by atoms with van der Waals surface area (Å²) < 4.78 is 0. The van der Waals surface area contributed by atoms with Gasteiger partial charge in [0.15, 0.2) is 0 Å². The number of nitrogens with zero attached hydrogens (tertiary/aromatic N) is 1. The van der Waals surface area contributed by atoms with Crippen molar-refractivity contribution in [3.05, 3.63) is 23.2 Å². The molecule has 0 fully saturated rings. The van der Waals surface area contributed by atoms with Crippen LogP contribution in [0.25, 0.3) is 0 Å². The zero-order chi connectivity index (χ0) is 12.1. The fourth-order valence-corrected chi connectivity index (χ4v) is 1.28. The summed E-state index contributed by atoms with van der Waals surface area (Å²) in [5.74, 6) is 0.229. The van der Waals surface area contributed by atoms with Gasteiger partial charge in [0.05, 0.1) is 16.6 Å². The smallest absolute Gasteiger partial charge is 0.221 e. The largest absolute Gasteiger partial charge is 0.386 e. The molecule has 0 spiro atoms. The van der Waals surface area contributed by atoms with Gasteiger partial charge in [-0.2, -0.15) is 0 Å². The molecule has 0 bridgehead atoms. The van der Waals surface area contributed by atoms with E-state index in [1.165, 1.54) is 6.92 Å². The number of hydrogen-bond donors (Lipinski definition) is 2. The number of rotatable bonds is 3. The highest BCUT2D eigenvalue weighted by molar-refractivity contribution is 6.33. The summed E-state index contributed by atoms with van der Waals surface area (Å²) in [4.78, 5) is 14.9. The van der Waals surface area contributed by atoms with Crippen molar-refractivity contribution < 1.29 is 4.79 Å². The Hall–Kier alpha value is -1.26. The first-order valence-electron chi connectivity index (χ1n) is 4.49. The number of nitrogens with two attached hydrogens (primary N) is 1. The third-order valence-electron chi connectivity index (χ3n) is 1.67. The van der Waals surface area contributed by atoms with Crippen molar-refractivity contribution >= 4 is 46.3 Å². The lowest BCUT2D eigenvalue weighted by Gasteiger charge is -2.05. The van der Waals surface area contributed by atoms with E-state index in [2.05, 4.69) is 10.3 Å². The molecule has 1 aromatic rings. The Morgan fingerprint density at radius 3 is 2.81 bits per heavy atom. The van der Waals surface area contributed by atoms with E-state index in [0.717, 1.165) is 0 Å². The molecule has 0 aliphatic rings. The minimum atomic E-state index is -0.164. The molecule has 0 aromatic heterocycles. The van der Waals surface area contributed by atoms with Gasteiger partial charge < -0.3 is 11.1 Å². The highest BCUT2D eigenvalue weighted by Gasteiger charge is 2.03. The van der Waals surface area contributed by atoms with Gasteiger partial charge in [-0.3, -0.25) is 4.79 Å². The first-order chi connectivity index (χ1) is 7.52. The molecule has 0 saturated carbocycles. The molecule has 86 valence electrons. The van der Waals surface area contributed by atoms with Crippen LogP contribution >= 0.6 is 23.2 Å². The van der Waals surface area contributed by atoms with Crippen LogP contribution in [0.1, 0.15) is 6.92 Å². The second-order valence-corrected chi connectivity index (χ2v) is 3.76.